The summed E-state index contributed by atoms with van der Waals surface area (Å²) < 4.78 is 7.70. The zero-order valence-corrected chi connectivity index (χ0v) is 16.8. The molecule has 0 radical (unpaired) electrons. The summed E-state index contributed by atoms with van der Waals surface area (Å²) in [6.45, 7) is 8.31. The van der Waals surface area contributed by atoms with Crippen molar-refractivity contribution in [2.24, 2.45) is 5.92 Å². The molecule has 2 rings (SSSR count). The third-order valence-electron chi connectivity index (χ3n) is 3.82. The van der Waals surface area contributed by atoms with Gasteiger partial charge in [-0.2, -0.15) is 0 Å². The molecule has 0 saturated heterocycles. The third-order valence-corrected chi connectivity index (χ3v) is 4.49. The molecule has 0 fully saturated rings. The highest BCUT2D eigenvalue weighted by Crippen LogP contribution is 2.18. The van der Waals surface area contributed by atoms with Gasteiger partial charge in [-0.1, -0.05) is 37.7 Å². The van der Waals surface area contributed by atoms with E-state index in [1.807, 2.05) is 31.4 Å². The van der Waals surface area contributed by atoms with Crippen molar-refractivity contribution in [3.05, 3.63) is 35.7 Å². The average molecular weight is 377 g/mol. The normalized spacial score (nSPS) is 11.0. The lowest BCUT2D eigenvalue weighted by Crippen LogP contribution is -2.25. The highest BCUT2D eigenvalue weighted by atomic mass is 32.2. The van der Waals surface area contributed by atoms with Crippen molar-refractivity contribution in [3.8, 4) is 5.75 Å². The van der Waals surface area contributed by atoms with E-state index in [9.17, 15) is 4.79 Å². The summed E-state index contributed by atoms with van der Waals surface area (Å²) >= 11 is 1.61. The van der Waals surface area contributed by atoms with Crippen molar-refractivity contribution in [1.82, 2.24) is 20.1 Å². The molecule has 7 heteroatoms. The second-order valence-corrected chi connectivity index (χ2v) is 7.17. The van der Waals surface area contributed by atoms with Gasteiger partial charge in [-0.15, -0.1) is 10.2 Å². The van der Waals surface area contributed by atoms with Crippen molar-refractivity contribution < 1.29 is 9.53 Å². The molecule has 0 aliphatic heterocycles. The number of aryl methyl sites for hydroxylation is 1. The number of nitrogens with zero attached hydrogens (tertiary/aromatic N) is 3. The lowest BCUT2D eigenvalue weighted by molar-refractivity contribution is 0.0949. The SMILES string of the molecule is CCOc1ccccc1C(=O)NCCCc1nnc(SC)n1CC(C)C. The number of aromatic nitrogens is 3. The molecule has 1 aromatic carbocycles. The Morgan fingerprint density at radius 3 is 2.77 bits per heavy atom. The Morgan fingerprint density at radius 1 is 1.31 bits per heavy atom. The van der Waals surface area contributed by atoms with Gasteiger partial charge in [0, 0.05) is 19.5 Å². The molecule has 0 spiro atoms. The van der Waals surface area contributed by atoms with Gasteiger partial charge in [0.25, 0.3) is 5.91 Å². The molecule has 1 amide bonds. The van der Waals surface area contributed by atoms with Gasteiger partial charge >= 0.3 is 0 Å². The minimum Gasteiger partial charge on any atom is -0.493 e. The number of benzene rings is 1. The summed E-state index contributed by atoms with van der Waals surface area (Å²) in [5.74, 6) is 2.02. The first kappa shape index (κ1) is 20.3. The number of carbonyl (C=O) groups is 1. The molecule has 1 aromatic heterocycles. The van der Waals surface area contributed by atoms with Crippen molar-refractivity contribution in [1.29, 1.82) is 0 Å². The number of amides is 1. The minimum atomic E-state index is -0.109. The average Bonchev–Trinajstić information content (AvgIpc) is 3.00. The van der Waals surface area contributed by atoms with Crippen LogP contribution in [0.15, 0.2) is 29.4 Å². The Morgan fingerprint density at radius 2 is 2.08 bits per heavy atom. The van der Waals surface area contributed by atoms with Crippen molar-refractivity contribution in [2.75, 3.05) is 19.4 Å². The van der Waals surface area contributed by atoms with Gasteiger partial charge in [0.15, 0.2) is 5.16 Å². The smallest absolute Gasteiger partial charge is 0.255 e. The summed E-state index contributed by atoms with van der Waals surface area (Å²) in [5, 5.41) is 12.5. The second-order valence-electron chi connectivity index (χ2n) is 6.40. The van der Waals surface area contributed by atoms with E-state index >= 15 is 0 Å². The predicted octanol–water partition coefficient (Wildman–Crippen LogP) is 3.42. The number of rotatable bonds is 10. The highest BCUT2D eigenvalue weighted by Gasteiger charge is 2.14. The van der Waals surface area contributed by atoms with E-state index in [2.05, 4.69) is 33.9 Å². The molecule has 0 bridgehead atoms. The molecular formula is C19H28N4O2S. The summed E-state index contributed by atoms with van der Waals surface area (Å²) in [6.07, 6.45) is 3.61. The van der Waals surface area contributed by atoms with Crippen LogP contribution in [0.25, 0.3) is 0 Å². The fourth-order valence-corrected chi connectivity index (χ4v) is 3.21. The van der Waals surface area contributed by atoms with Crippen molar-refractivity contribution in [2.45, 2.75) is 45.3 Å². The third kappa shape index (κ3) is 5.49. The Balaban J connectivity index is 1.89. The first-order valence-corrected chi connectivity index (χ1v) is 10.2. The van der Waals surface area contributed by atoms with E-state index < -0.39 is 0 Å². The van der Waals surface area contributed by atoms with Crippen LogP contribution in [0.4, 0.5) is 0 Å². The van der Waals surface area contributed by atoms with Crippen LogP contribution in [0.3, 0.4) is 0 Å². The largest absolute Gasteiger partial charge is 0.493 e. The number of ether oxygens (including phenoxy) is 1. The Hall–Kier alpha value is -2.02. The fourth-order valence-electron chi connectivity index (χ4n) is 2.68. The number of thioether (sulfide) groups is 1. The van der Waals surface area contributed by atoms with Gasteiger partial charge < -0.3 is 14.6 Å². The molecule has 6 nitrogen and oxygen atoms in total. The lowest BCUT2D eigenvalue weighted by Gasteiger charge is -2.12. The molecule has 2 aromatic rings. The van der Waals surface area contributed by atoms with Gasteiger partial charge in [0.2, 0.25) is 0 Å². The zero-order valence-electron chi connectivity index (χ0n) is 16.0. The highest BCUT2D eigenvalue weighted by molar-refractivity contribution is 7.98. The number of para-hydroxylation sites is 1. The van der Waals surface area contributed by atoms with E-state index in [4.69, 9.17) is 4.74 Å². The van der Waals surface area contributed by atoms with Crippen LogP contribution in [0, 0.1) is 5.92 Å². The van der Waals surface area contributed by atoms with E-state index in [0.29, 0.717) is 30.4 Å². The number of carbonyl (C=O) groups excluding carboxylic acids is 1. The number of hydrogen-bond donors (Lipinski definition) is 1. The molecule has 0 unspecified atom stereocenters. The monoisotopic (exact) mass is 376 g/mol. The van der Waals surface area contributed by atoms with Crippen molar-refractivity contribution >= 4 is 17.7 Å². The van der Waals surface area contributed by atoms with E-state index in [0.717, 1.165) is 30.4 Å². The first-order valence-electron chi connectivity index (χ1n) is 9.02. The molecule has 0 aliphatic carbocycles. The fraction of sp³-hybridized carbons (Fsp3) is 0.526. The van der Waals surface area contributed by atoms with Crippen LogP contribution in [0.2, 0.25) is 0 Å². The Labute approximate surface area is 159 Å². The van der Waals surface area contributed by atoms with Gasteiger partial charge in [-0.05, 0) is 37.7 Å². The summed E-state index contributed by atoms with van der Waals surface area (Å²) in [6, 6.07) is 7.31. The van der Waals surface area contributed by atoms with E-state index in [1.165, 1.54) is 0 Å². The van der Waals surface area contributed by atoms with Gasteiger partial charge in [-0.25, -0.2) is 0 Å². The number of nitrogens with one attached hydrogen (secondary N) is 1. The molecule has 142 valence electrons. The second kappa shape index (κ2) is 10.2. The topological polar surface area (TPSA) is 69.0 Å². The van der Waals surface area contributed by atoms with E-state index in [1.54, 1.807) is 17.8 Å². The molecule has 0 aliphatic rings. The summed E-state index contributed by atoms with van der Waals surface area (Å²) in [4.78, 5) is 12.4. The number of hydrogen-bond acceptors (Lipinski definition) is 5. The maximum Gasteiger partial charge on any atom is 0.255 e. The summed E-state index contributed by atoms with van der Waals surface area (Å²) in [5.41, 5.74) is 0.571. The lowest BCUT2D eigenvalue weighted by atomic mass is 10.2. The minimum absolute atomic E-state index is 0.109. The Bertz CT molecular complexity index is 715. The van der Waals surface area contributed by atoms with E-state index in [-0.39, 0.29) is 5.91 Å². The van der Waals surface area contributed by atoms with Crippen LogP contribution >= 0.6 is 11.8 Å². The molecule has 1 N–H and O–H groups in total. The van der Waals surface area contributed by atoms with Gasteiger partial charge in [0.1, 0.15) is 11.6 Å². The molecule has 26 heavy (non-hydrogen) atoms. The quantitative estimate of drug-likeness (QED) is 0.508. The van der Waals surface area contributed by atoms with Crippen LogP contribution in [0.5, 0.6) is 5.75 Å². The molecular weight excluding hydrogens is 348 g/mol. The van der Waals surface area contributed by atoms with Crippen molar-refractivity contribution in [3.63, 3.8) is 0 Å². The molecule has 1 heterocycles. The van der Waals surface area contributed by atoms with Gasteiger partial charge in [-0.3, -0.25) is 4.79 Å². The first-order chi connectivity index (χ1) is 12.6. The zero-order chi connectivity index (χ0) is 18.9. The molecule has 0 saturated carbocycles. The van der Waals surface area contributed by atoms with Crippen LogP contribution < -0.4 is 10.1 Å². The standard InChI is InChI=1S/C19H28N4O2S/c1-5-25-16-10-7-6-9-15(16)18(24)20-12-8-11-17-21-22-19(26-4)23(17)13-14(2)3/h6-7,9-10,14H,5,8,11-13H2,1-4H3,(H,20,24). The van der Waals surface area contributed by atoms with Gasteiger partial charge in [0.05, 0.1) is 12.2 Å². The van der Waals surface area contributed by atoms with Crippen LogP contribution in [-0.4, -0.2) is 40.1 Å². The molecule has 0 atom stereocenters. The maximum atomic E-state index is 12.4. The predicted molar refractivity (Wildman–Crippen MR) is 105 cm³/mol. The van der Waals surface area contributed by atoms with Crippen LogP contribution in [-0.2, 0) is 13.0 Å². The van der Waals surface area contributed by atoms with Crippen LogP contribution in [0.1, 0.15) is 43.4 Å². The summed E-state index contributed by atoms with van der Waals surface area (Å²) in [7, 11) is 0. The maximum absolute atomic E-state index is 12.4. The Kier molecular flexibility index (Phi) is 7.97.